The first-order valence-electron chi connectivity index (χ1n) is 9.04. The van der Waals surface area contributed by atoms with E-state index < -0.39 is 30.6 Å². The van der Waals surface area contributed by atoms with Gasteiger partial charge >= 0.3 is 6.18 Å². The molecule has 30 heavy (non-hydrogen) atoms. The number of hydrogen-bond donors (Lipinski definition) is 2. The van der Waals surface area contributed by atoms with Crippen molar-refractivity contribution >= 4 is 22.9 Å². The number of carbonyl (C=O) groups excluding carboxylic acids is 2. The van der Waals surface area contributed by atoms with Gasteiger partial charge in [-0.15, -0.1) is 0 Å². The van der Waals surface area contributed by atoms with Gasteiger partial charge < -0.3 is 15.2 Å². The zero-order chi connectivity index (χ0) is 22.1. The van der Waals surface area contributed by atoms with Crippen molar-refractivity contribution in [1.29, 1.82) is 0 Å². The standard InChI is InChI=1S/C20H19F3N4O3/c1-10-4-6-13(7-5-10)15-8-14(16-11(2)27-30-19(16)26-15)18(29)25-12(3)17(28)24-9-20(21,22)23/h4-8,12H,9H2,1-3H3,(H,24,28)(H,25,29). The number of aryl methyl sites for hydroxylation is 2. The molecule has 7 nitrogen and oxygen atoms in total. The van der Waals surface area contributed by atoms with Gasteiger partial charge in [-0.25, -0.2) is 4.98 Å². The number of rotatable bonds is 5. The van der Waals surface area contributed by atoms with E-state index in [1.807, 2.05) is 31.2 Å². The SMILES string of the molecule is Cc1ccc(-c2cc(C(=O)NC(C)C(=O)NCC(F)(F)F)c3c(C)noc3n2)cc1. The molecule has 0 saturated carbocycles. The van der Waals surface area contributed by atoms with E-state index in [4.69, 9.17) is 4.52 Å². The summed E-state index contributed by atoms with van der Waals surface area (Å²) < 4.78 is 42.1. The highest BCUT2D eigenvalue weighted by Crippen LogP contribution is 2.27. The highest BCUT2D eigenvalue weighted by atomic mass is 19.4. The molecule has 158 valence electrons. The Morgan fingerprint density at radius 1 is 1.17 bits per heavy atom. The molecule has 10 heteroatoms. The van der Waals surface area contributed by atoms with E-state index in [1.165, 1.54) is 13.0 Å². The third kappa shape index (κ3) is 4.76. The average Bonchev–Trinajstić information content (AvgIpc) is 3.06. The molecule has 0 aliphatic rings. The summed E-state index contributed by atoms with van der Waals surface area (Å²) in [4.78, 5) is 29.1. The van der Waals surface area contributed by atoms with Crippen LogP contribution in [0, 0.1) is 13.8 Å². The Morgan fingerprint density at radius 2 is 1.83 bits per heavy atom. The molecule has 3 rings (SSSR count). The molecular formula is C20H19F3N4O3. The van der Waals surface area contributed by atoms with Crippen LogP contribution in [0.1, 0.15) is 28.5 Å². The highest BCUT2D eigenvalue weighted by Gasteiger charge is 2.29. The molecule has 0 aliphatic heterocycles. The molecular weight excluding hydrogens is 401 g/mol. The predicted octanol–water partition coefficient (Wildman–Crippen LogP) is 3.30. The molecule has 1 atom stereocenters. The molecule has 0 saturated heterocycles. The Morgan fingerprint density at radius 3 is 2.47 bits per heavy atom. The Labute approximate surface area is 169 Å². The lowest BCUT2D eigenvalue weighted by Crippen LogP contribution is -2.47. The fourth-order valence-electron chi connectivity index (χ4n) is 2.83. The second-order valence-corrected chi connectivity index (χ2v) is 6.90. The number of benzene rings is 1. The van der Waals surface area contributed by atoms with Crippen molar-refractivity contribution in [2.24, 2.45) is 0 Å². The zero-order valence-electron chi connectivity index (χ0n) is 16.4. The van der Waals surface area contributed by atoms with Crippen molar-refractivity contribution in [1.82, 2.24) is 20.8 Å². The lowest BCUT2D eigenvalue weighted by Gasteiger charge is -2.15. The summed E-state index contributed by atoms with van der Waals surface area (Å²) in [5, 5.41) is 8.36. The van der Waals surface area contributed by atoms with Crippen LogP contribution in [0.2, 0.25) is 0 Å². The Kier molecular flexibility index (Phi) is 5.77. The third-order valence-electron chi connectivity index (χ3n) is 4.41. The number of nitrogens with one attached hydrogen (secondary N) is 2. The van der Waals surface area contributed by atoms with Gasteiger partial charge in [0.25, 0.3) is 11.6 Å². The maximum atomic E-state index is 12.9. The summed E-state index contributed by atoms with van der Waals surface area (Å²) in [6, 6.07) is 7.79. The lowest BCUT2D eigenvalue weighted by atomic mass is 10.0. The van der Waals surface area contributed by atoms with E-state index in [0.29, 0.717) is 16.8 Å². The third-order valence-corrected chi connectivity index (χ3v) is 4.41. The quantitative estimate of drug-likeness (QED) is 0.660. The Bertz CT molecular complexity index is 1090. The van der Waals surface area contributed by atoms with Crippen molar-refractivity contribution in [2.45, 2.75) is 33.0 Å². The van der Waals surface area contributed by atoms with Crippen LogP contribution >= 0.6 is 0 Å². The number of hydrogen-bond acceptors (Lipinski definition) is 5. The van der Waals surface area contributed by atoms with Crippen LogP contribution in [0.5, 0.6) is 0 Å². The lowest BCUT2D eigenvalue weighted by molar-refractivity contribution is -0.139. The number of pyridine rings is 1. The van der Waals surface area contributed by atoms with Gasteiger partial charge in [-0.2, -0.15) is 13.2 Å². The van der Waals surface area contributed by atoms with Gasteiger partial charge in [0, 0.05) is 5.56 Å². The van der Waals surface area contributed by atoms with Gasteiger partial charge in [-0.1, -0.05) is 35.0 Å². The normalized spacial score (nSPS) is 12.6. The van der Waals surface area contributed by atoms with E-state index >= 15 is 0 Å². The molecule has 0 spiro atoms. The number of carbonyl (C=O) groups is 2. The molecule has 0 radical (unpaired) electrons. The summed E-state index contributed by atoms with van der Waals surface area (Å²) >= 11 is 0. The molecule has 2 aromatic heterocycles. The van der Waals surface area contributed by atoms with E-state index in [2.05, 4.69) is 15.5 Å². The van der Waals surface area contributed by atoms with Gasteiger partial charge in [0.05, 0.1) is 22.3 Å². The summed E-state index contributed by atoms with van der Waals surface area (Å²) in [5.41, 5.74) is 2.97. The fourth-order valence-corrected chi connectivity index (χ4v) is 2.83. The van der Waals surface area contributed by atoms with Gasteiger partial charge in [-0.05, 0) is 26.8 Å². The maximum Gasteiger partial charge on any atom is 0.405 e. The molecule has 1 aromatic carbocycles. The summed E-state index contributed by atoms with van der Waals surface area (Å²) in [6.07, 6.45) is -4.54. The smallest absolute Gasteiger partial charge is 0.345 e. The minimum Gasteiger partial charge on any atom is -0.345 e. The molecule has 2 N–H and O–H groups in total. The zero-order valence-corrected chi connectivity index (χ0v) is 16.4. The van der Waals surface area contributed by atoms with Crippen molar-refractivity contribution in [2.75, 3.05) is 6.54 Å². The molecule has 2 heterocycles. The monoisotopic (exact) mass is 420 g/mol. The van der Waals surface area contributed by atoms with Gasteiger partial charge in [-0.3, -0.25) is 9.59 Å². The molecule has 0 fully saturated rings. The first kappa shape index (κ1) is 21.3. The van der Waals surface area contributed by atoms with E-state index in [-0.39, 0.29) is 11.3 Å². The topological polar surface area (TPSA) is 97.1 Å². The second-order valence-electron chi connectivity index (χ2n) is 6.90. The van der Waals surface area contributed by atoms with E-state index in [9.17, 15) is 22.8 Å². The van der Waals surface area contributed by atoms with E-state index in [1.54, 1.807) is 12.2 Å². The summed E-state index contributed by atoms with van der Waals surface area (Å²) in [7, 11) is 0. The first-order chi connectivity index (χ1) is 14.0. The minimum atomic E-state index is -4.54. The van der Waals surface area contributed by atoms with Crippen molar-refractivity contribution in [3.8, 4) is 11.3 Å². The van der Waals surface area contributed by atoms with Gasteiger partial charge in [0.2, 0.25) is 5.91 Å². The summed E-state index contributed by atoms with van der Waals surface area (Å²) in [5.74, 6) is -1.61. The Balaban J connectivity index is 1.90. The highest BCUT2D eigenvalue weighted by molar-refractivity contribution is 6.08. The summed E-state index contributed by atoms with van der Waals surface area (Å²) in [6.45, 7) is 3.39. The van der Waals surface area contributed by atoms with Crippen molar-refractivity contribution < 1.29 is 27.3 Å². The van der Waals surface area contributed by atoms with Crippen LogP contribution in [0.15, 0.2) is 34.9 Å². The van der Waals surface area contributed by atoms with Crippen LogP contribution in [0.4, 0.5) is 13.2 Å². The molecule has 0 bridgehead atoms. The number of halogens is 3. The number of nitrogens with zero attached hydrogens (tertiary/aromatic N) is 2. The van der Waals surface area contributed by atoms with Crippen molar-refractivity contribution in [3.05, 3.63) is 47.2 Å². The van der Waals surface area contributed by atoms with Gasteiger partial charge in [0.15, 0.2) is 0 Å². The average molecular weight is 420 g/mol. The van der Waals surface area contributed by atoms with Crippen LogP contribution in [0.3, 0.4) is 0 Å². The van der Waals surface area contributed by atoms with E-state index in [0.717, 1.165) is 11.1 Å². The fraction of sp³-hybridized carbons (Fsp3) is 0.300. The predicted molar refractivity (Wildman–Crippen MR) is 103 cm³/mol. The number of alkyl halides is 3. The molecule has 3 aromatic rings. The Hall–Kier alpha value is -3.43. The van der Waals surface area contributed by atoms with Crippen LogP contribution in [0.25, 0.3) is 22.4 Å². The first-order valence-corrected chi connectivity index (χ1v) is 9.04. The molecule has 2 amide bonds. The van der Waals surface area contributed by atoms with Crippen LogP contribution < -0.4 is 10.6 Å². The number of amides is 2. The maximum absolute atomic E-state index is 12.9. The van der Waals surface area contributed by atoms with Crippen LogP contribution in [-0.4, -0.2) is 40.7 Å². The van der Waals surface area contributed by atoms with Crippen LogP contribution in [-0.2, 0) is 4.79 Å². The number of fused-ring (bicyclic) bond motifs is 1. The number of aromatic nitrogens is 2. The largest absolute Gasteiger partial charge is 0.405 e. The second kappa shape index (κ2) is 8.13. The van der Waals surface area contributed by atoms with Gasteiger partial charge in [0.1, 0.15) is 12.6 Å². The van der Waals surface area contributed by atoms with Crippen molar-refractivity contribution in [3.63, 3.8) is 0 Å². The molecule has 1 unspecified atom stereocenters. The minimum absolute atomic E-state index is 0.143. The molecule has 0 aliphatic carbocycles.